The number of carboxylic acids is 1. The van der Waals surface area contributed by atoms with Gasteiger partial charge >= 0.3 is 5.97 Å². The number of para-hydroxylation sites is 1. The minimum atomic E-state index is -0.923. The SMILES string of the molecule is O=C(O)C1CSCN1C(=O)CCc1nc2ccccc2s1. The Balaban J connectivity index is 1.64. The topological polar surface area (TPSA) is 70.5 Å². The molecule has 1 fully saturated rings. The number of thiazole rings is 1. The van der Waals surface area contributed by atoms with Crippen LogP contribution < -0.4 is 0 Å². The fourth-order valence-electron chi connectivity index (χ4n) is 2.28. The summed E-state index contributed by atoms with van der Waals surface area (Å²) in [5.74, 6) is -0.0855. The Hall–Kier alpha value is -1.60. The summed E-state index contributed by atoms with van der Waals surface area (Å²) >= 11 is 3.07. The highest BCUT2D eigenvalue weighted by Crippen LogP contribution is 2.25. The summed E-state index contributed by atoms with van der Waals surface area (Å²) < 4.78 is 1.11. The van der Waals surface area contributed by atoms with Gasteiger partial charge < -0.3 is 10.0 Å². The maximum absolute atomic E-state index is 12.2. The van der Waals surface area contributed by atoms with Crippen molar-refractivity contribution in [2.75, 3.05) is 11.6 Å². The number of rotatable bonds is 4. The number of thioether (sulfide) groups is 1. The lowest BCUT2D eigenvalue weighted by Crippen LogP contribution is -2.41. The van der Waals surface area contributed by atoms with Gasteiger partial charge in [-0.2, -0.15) is 0 Å². The molecule has 2 aromatic rings. The molecule has 0 spiro atoms. The number of amides is 1. The van der Waals surface area contributed by atoms with Crippen LogP contribution in [0.3, 0.4) is 0 Å². The van der Waals surface area contributed by atoms with Crippen molar-refractivity contribution in [1.82, 2.24) is 9.88 Å². The summed E-state index contributed by atoms with van der Waals surface area (Å²) in [6.07, 6.45) is 0.871. The number of aromatic nitrogens is 1. The maximum atomic E-state index is 12.2. The molecule has 1 amide bonds. The Morgan fingerprint density at radius 3 is 2.95 bits per heavy atom. The van der Waals surface area contributed by atoms with Gasteiger partial charge in [0.05, 0.1) is 21.1 Å². The average molecular weight is 322 g/mol. The highest BCUT2D eigenvalue weighted by Gasteiger charge is 2.34. The van der Waals surface area contributed by atoms with Crippen molar-refractivity contribution < 1.29 is 14.7 Å². The third-order valence-corrected chi connectivity index (χ3v) is 5.49. The van der Waals surface area contributed by atoms with Crippen molar-refractivity contribution in [2.45, 2.75) is 18.9 Å². The second-order valence-corrected chi connectivity index (χ2v) is 6.91. The van der Waals surface area contributed by atoms with Crippen LogP contribution in [0.1, 0.15) is 11.4 Å². The van der Waals surface area contributed by atoms with E-state index in [1.165, 1.54) is 16.7 Å². The van der Waals surface area contributed by atoms with E-state index in [-0.39, 0.29) is 5.91 Å². The molecular formula is C14H14N2O3S2. The minimum absolute atomic E-state index is 0.105. The number of nitrogens with zero attached hydrogens (tertiary/aromatic N) is 2. The molecule has 0 radical (unpaired) electrons. The van der Waals surface area contributed by atoms with Crippen molar-refractivity contribution in [3.63, 3.8) is 0 Å². The molecule has 0 saturated carbocycles. The number of fused-ring (bicyclic) bond motifs is 1. The molecule has 1 saturated heterocycles. The number of hydrogen-bond donors (Lipinski definition) is 1. The molecule has 0 aliphatic carbocycles. The predicted octanol–water partition coefficient (Wildman–Crippen LogP) is 2.21. The van der Waals surface area contributed by atoms with Crippen molar-refractivity contribution in [3.05, 3.63) is 29.3 Å². The molecule has 1 aromatic carbocycles. The number of hydrogen-bond acceptors (Lipinski definition) is 5. The van der Waals surface area contributed by atoms with Crippen LogP contribution in [0.2, 0.25) is 0 Å². The second-order valence-electron chi connectivity index (χ2n) is 4.79. The van der Waals surface area contributed by atoms with Crippen LogP contribution in [-0.2, 0) is 16.0 Å². The van der Waals surface area contributed by atoms with E-state index < -0.39 is 12.0 Å². The standard InChI is InChI=1S/C14H14N2O3S2/c17-13(16-8-20-7-10(16)14(18)19)6-5-12-15-9-3-1-2-4-11(9)21-12/h1-4,10H,5-8H2,(H,18,19). The molecule has 2 heterocycles. The van der Waals surface area contributed by atoms with Crippen molar-refractivity contribution in [2.24, 2.45) is 0 Å². The monoisotopic (exact) mass is 322 g/mol. The van der Waals surface area contributed by atoms with Gasteiger partial charge in [-0.15, -0.1) is 23.1 Å². The lowest BCUT2D eigenvalue weighted by Gasteiger charge is -2.20. The van der Waals surface area contributed by atoms with Crippen LogP contribution in [0, 0.1) is 0 Å². The summed E-state index contributed by atoms with van der Waals surface area (Å²) in [6.45, 7) is 0. The number of benzene rings is 1. The summed E-state index contributed by atoms with van der Waals surface area (Å²) in [6, 6.07) is 7.19. The summed E-state index contributed by atoms with van der Waals surface area (Å²) in [7, 11) is 0. The van der Waals surface area contributed by atoms with E-state index in [2.05, 4.69) is 4.98 Å². The summed E-state index contributed by atoms with van der Waals surface area (Å²) in [5, 5.41) is 10.0. The van der Waals surface area contributed by atoms with Crippen molar-refractivity contribution in [3.8, 4) is 0 Å². The fraction of sp³-hybridized carbons (Fsp3) is 0.357. The molecule has 0 bridgehead atoms. The normalized spacial score (nSPS) is 18.3. The van der Waals surface area contributed by atoms with Crippen LogP contribution in [0.25, 0.3) is 10.2 Å². The highest BCUT2D eigenvalue weighted by atomic mass is 32.2. The van der Waals surface area contributed by atoms with Gasteiger partial charge in [0.2, 0.25) is 5.91 Å². The molecule has 1 aliphatic rings. The molecule has 110 valence electrons. The van der Waals surface area contributed by atoms with Crippen molar-refractivity contribution in [1.29, 1.82) is 0 Å². The van der Waals surface area contributed by atoms with Crippen LogP contribution in [0.4, 0.5) is 0 Å². The number of aliphatic carboxylic acids is 1. The molecule has 3 rings (SSSR count). The van der Waals surface area contributed by atoms with Gasteiger partial charge in [0.15, 0.2) is 0 Å². The van der Waals surface area contributed by atoms with E-state index in [1.807, 2.05) is 24.3 Å². The number of carboxylic acid groups (broad SMARTS) is 1. The molecule has 1 atom stereocenters. The summed E-state index contributed by atoms with van der Waals surface area (Å²) in [4.78, 5) is 29.2. The first kappa shape index (κ1) is 14.3. The largest absolute Gasteiger partial charge is 0.480 e. The van der Waals surface area contributed by atoms with Gasteiger partial charge in [0.1, 0.15) is 6.04 Å². The minimum Gasteiger partial charge on any atom is -0.480 e. The van der Waals surface area contributed by atoms with Crippen LogP contribution in [-0.4, -0.2) is 44.5 Å². The first-order chi connectivity index (χ1) is 10.1. The summed E-state index contributed by atoms with van der Waals surface area (Å²) in [5.41, 5.74) is 0.949. The second kappa shape index (κ2) is 6.03. The van der Waals surface area contributed by atoms with Gasteiger partial charge in [0, 0.05) is 18.6 Å². The average Bonchev–Trinajstić information content (AvgIpc) is 3.10. The lowest BCUT2D eigenvalue weighted by molar-refractivity contribution is -0.147. The maximum Gasteiger partial charge on any atom is 0.327 e. The van der Waals surface area contributed by atoms with Gasteiger partial charge in [-0.3, -0.25) is 4.79 Å². The fourth-order valence-corrected chi connectivity index (χ4v) is 4.42. The quantitative estimate of drug-likeness (QED) is 0.934. The molecule has 1 aromatic heterocycles. The lowest BCUT2D eigenvalue weighted by atomic mass is 10.2. The van der Waals surface area contributed by atoms with Gasteiger partial charge in [-0.05, 0) is 12.1 Å². The third kappa shape index (κ3) is 3.03. The zero-order valence-electron chi connectivity index (χ0n) is 11.2. The first-order valence-electron chi connectivity index (χ1n) is 6.59. The smallest absolute Gasteiger partial charge is 0.327 e. The number of carbonyl (C=O) groups is 2. The number of carbonyl (C=O) groups excluding carboxylic acids is 1. The third-order valence-electron chi connectivity index (χ3n) is 3.38. The molecule has 1 aliphatic heterocycles. The number of aryl methyl sites for hydroxylation is 1. The molecule has 5 nitrogen and oxygen atoms in total. The Labute approximate surface area is 130 Å². The molecular weight excluding hydrogens is 308 g/mol. The van der Waals surface area contributed by atoms with Gasteiger partial charge in [0.25, 0.3) is 0 Å². The molecule has 21 heavy (non-hydrogen) atoms. The van der Waals surface area contributed by atoms with E-state index in [4.69, 9.17) is 5.11 Å². The van der Waals surface area contributed by atoms with E-state index in [0.29, 0.717) is 24.5 Å². The molecule has 7 heteroatoms. The molecule has 1 N–H and O–H groups in total. The first-order valence-corrected chi connectivity index (χ1v) is 8.57. The van der Waals surface area contributed by atoms with Gasteiger partial charge in [-0.25, -0.2) is 9.78 Å². The van der Waals surface area contributed by atoms with Crippen LogP contribution >= 0.6 is 23.1 Å². The Morgan fingerprint density at radius 1 is 1.38 bits per heavy atom. The zero-order valence-corrected chi connectivity index (χ0v) is 12.8. The van der Waals surface area contributed by atoms with E-state index >= 15 is 0 Å². The predicted molar refractivity (Wildman–Crippen MR) is 83.5 cm³/mol. The Kier molecular flexibility index (Phi) is 4.12. The molecule has 1 unspecified atom stereocenters. The zero-order chi connectivity index (χ0) is 14.8. The van der Waals surface area contributed by atoms with Crippen LogP contribution in [0.15, 0.2) is 24.3 Å². The van der Waals surface area contributed by atoms with Crippen molar-refractivity contribution >= 4 is 45.2 Å². The highest BCUT2D eigenvalue weighted by molar-refractivity contribution is 7.99. The van der Waals surface area contributed by atoms with Crippen LogP contribution in [0.5, 0.6) is 0 Å². The Bertz CT molecular complexity index is 653. The Morgan fingerprint density at radius 2 is 2.19 bits per heavy atom. The van der Waals surface area contributed by atoms with Gasteiger partial charge in [-0.1, -0.05) is 12.1 Å². The van der Waals surface area contributed by atoms with E-state index in [1.54, 1.807) is 11.3 Å². The van der Waals surface area contributed by atoms with E-state index in [9.17, 15) is 9.59 Å². The van der Waals surface area contributed by atoms with E-state index in [0.717, 1.165) is 15.2 Å².